The lowest BCUT2D eigenvalue weighted by atomic mass is 10.2. The van der Waals surface area contributed by atoms with Crippen molar-refractivity contribution in [2.45, 2.75) is 18.9 Å². The molecular formula is C13H16FN3O. The van der Waals surface area contributed by atoms with Crippen LogP contribution in [0.2, 0.25) is 0 Å². The van der Waals surface area contributed by atoms with E-state index in [-0.39, 0.29) is 11.5 Å². The van der Waals surface area contributed by atoms with Crippen LogP contribution in [-0.2, 0) is 0 Å². The molecule has 0 bridgehead atoms. The van der Waals surface area contributed by atoms with Crippen molar-refractivity contribution in [2.75, 3.05) is 26.2 Å². The van der Waals surface area contributed by atoms with E-state index in [1.807, 2.05) is 0 Å². The third kappa shape index (κ3) is 2.22. The molecule has 18 heavy (non-hydrogen) atoms. The second-order valence-electron chi connectivity index (χ2n) is 4.90. The molecule has 0 unspecified atom stereocenters. The van der Waals surface area contributed by atoms with Gasteiger partial charge in [0.05, 0.1) is 5.56 Å². The van der Waals surface area contributed by atoms with E-state index in [4.69, 9.17) is 0 Å². The van der Waals surface area contributed by atoms with E-state index >= 15 is 0 Å². The summed E-state index contributed by atoms with van der Waals surface area (Å²) < 4.78 is 13.4. The van der Waals surface area contributed by atoms with Crippen LogP contribution in [0.25, 0.3) is 0 Å². The van der Waals surface area contributed by atoms with Gasteiger partial charge in [-0.3, -0.25) is 9.69 Å². The summed E-state index contributed by atoms with van der Waals surface area (Å²) in [5.74, 6) is -0.914. The van der Waals surface area contributed by atoms with Crippen molar-refractivity contribution >= 4 is 5.91 Å². The number of nitrogens with zero attached hydrogens (tertiary/aromatic N) is 3. The highest BCUT2D eigenvalue weighted by atomic mass is 19.1. The summed E-state index contributed by atoms with van der Waals surface area (Å²) in [5.41, 5.74) is 0.0809. The fourth-order valence-electron chi connectivity index (χ4n) is 2.45. The van der Waals surface area contributed by atoms with Crippen LogP contribution in [0.3, 0.4) is 0 Å². The van der Waals surface area contributed by atoms with Gasteiger partial charge in [0.25, 0.3) is 5.91 Å². The minimum atomic E-state index is -0.674. The van der Waals surface area contributed by atoms with Gasteiger partial charge >= 0.3 is 0 Å². The molecule has 0 N–H and O–H groups in total. The lowest BCUT2D eigenvalue weighted by Crippen LogP contribution is -2.49. The molecule has 1 aliphatic heterocycles. The average molecular weight is 249 g/mol. The molecule has 1 amide bonds. The van der Waals surface area contributed by atoms with Crippen molar-refractivity contribution in [1.29, 1.82) is 0 Å². The van der Waals surface area contributed by atoms with Crippen molar-refractivity contribution in [3.63, 3.8) is 0 Å². The Bertz CT molecular complexity index is 453. The maximum atomic E-state index is 13.4. The van der Waals surface area contributed by atoms with Gasteiger partial charge in [-0.2, -0.15) is 4.39 Å². The minimum Gasteiger partial charge on any atom is -0.336 e. The van der Waals surface area contributed by atoms with E-state index in [0.717, 1.165) is 19.1 Å². The van der Waals surface area contributed by atoms with Crippen LogP contribution in [0.5, 0.6) is 0 Å². The number of hydrogen-bond acceptors (Lipinski definition) is 3. The van der Waals surface area contributed by atoms with Crippen LogP contribution in [0.15, 0.2) is 18.3 Å². The quantitative estimate of drug-likeness (QED) is 0.737. The first kappa shape index (κ1) is 11.6. The molecule has 2 aliphatic rings. The second kappa shape index (κ2) is 4.65. The van der Waals surface area contributed by atoms with Crippen molar-refractivity contribution in [2.24, 2.45) is 0 Å². The molecule has 1 aromatic heterocycles. The van der Waals surface area contributed by atoms with Crippen LogP contribution in [0.4, 0.5) is 4.39 Å². The normalized spacial score (nSPS) is 21.1. The second-order valence-corrected chi connectivity index (χ2v) is 4.90. The summed E-state index contributed by atoms with van der Waals surface area (Å²) >= 11 is 0. The third-order valence-corrected chi connectivity index (χ3v) is 3.65. The zero-order chi connectivity index (χ0) is 12.5. The molecule has 0 radical (unpaired) electrons. The summed E-state index contributed by atoms with van der Waals surface area (Å²) in [6.07, 6.45) is 3.92. The summed E-state index contributed by atoms with van der Waals surface area (Å²) in [6.45, 7) is 3.17. The first-order valence-electron chi connectivity index (χ1n) is 6.39. The number of amides is 1. The highest BCUT2D eigenvalue weighted by Gasteiger charge is 2.32. The highest BCUT2D eigenvalue weighted by molar-refractivity contribution is 5.94. The first-order valence-corrected chi connectivity index (χ1v) is 6.39. The van der Waals surface area contributed by atoms with E-state index in [1.165, 1.54) is 25.1 Å². The van der Waals surface area contributed by atoms with Crippen LogP contribution in [-0.4, -0.2) is 52.9 Å². The lowest BCUT2D eigenvalue weighted by Gasteiger charge is -2.34. The number of pyridine rings is 1. The summed E-state index contributed by atoms with van der Waals surface area (Å²) in [5, 5.41) is 0. The van der Waals surface area contributed by atoms with Crippen LogP contribution < -0.4 is 0 Å². The van der Waals surface area contributed by atoms with E-state index in [1.54, 1.807) is 11.0 Å². The van der Waals surface area contributed by atoms with Gasteiger partial charge in [-0.1, -0.05) is 0 Å². The first-order chi connectivity index (χ1) is 8.75. The van der Waals surface area contributed by atoms with Gasteiger partial charge in [-0.05, 0) is 25.0 Å². The third-order valence-electron chi connectivity index (χ3n) is 3.65. The van der Waals surface area contributed by atoms with Gasteiger partial charge in [0.2, 0.25) is 5.95 Å². The Kier molecular flexibility index (Phi) is 2.99. The molecule has 2 fully saturated rings. The fraction of sp³-hybridized carbons (Fsp3) is 0.538. The predicted molar refractivity (Wildman–Crippen MR) is 64.7 cm³/mol. The maximum Gasteiger partial charge on any atom is 0.258 e. The molecule has 1 saturated carbocycles. The van der Waals surface area contributed by atoms with Crippen molar-refractivity contribution < 1.29 is 9.18 Å². The average Bonchev–Trinajstić information content (AvgIpc) is 3.23. The summed E-state index contributed by atoms with van der Waals surface area (Å²) in [6, 6.07) is 3.83. The number of halogens is 1. The molecule has 3 rings (SSSR count). The minimum absolute atomic E-state index is 0.0809. The van der Waals surface area contributed by atoms with E-state index in [2.05, 4.69) is 9.88 Å². The Morgan fingerprint density at radius 1 is 1.28 bits per heavy atom. The Morgan fingerprint density at radius 2 is 2.00 bits per heavy atom. The van der Waals surface area contributed by atoms with Crippen LogP contribution >= 0.6 is 0 Å². The standard InChI is InChI=1S/C13H16FN3O/c14-12-11(2-1-5-15-12)13(18)17-8-6-16(7-9-17)10-3-4-10/h1-2,5,10H,3-4,6-9H2. The van der Waals surface area contributed by atoms with E-state index in [9.17, 15) is 9.18 Å². The number of carbonyl (C=O) groups is 1. The molecule has 1 aliphatic carbocycles. The zero-order valence-corrected chi connectivity index (χ0v) is 10.2. The number of hydrogen-bond donors (Lipinski definition) is 0. The van der Waals surface area contributed by atoms with Crippen LogP contribution in [0, 0.1) is 5.95 Å². The lowest BCUT2D eigenvalue weighted by molar-refractivity contribution is 0.0621. The fourth-order valence-corrected chi connectivity index (χ4v) is 2.45. The molecular weight excluding hydrogens is 233 g/mol. The molecule has 4 nitrogen and oxygen atoms in total. The molecule has 2 heterocycles. The van der Waals surface area contributed by atoms with Crippen LogP contribution in [0.1, 0.15) is 23.2 Å². The van der Waals surface area contributed by atoms with Crippen molar-refractivity contribution in [1.82, 2.24) is 14.8 Å². The van der Waals surface area contributed by atoms with Gasteiger partial charge in [0.1, 0.15) is 0 Å². The Balaban J connectivity index is 1.65. The topological polar surface area (TPSA) is 36.4 Å². The van der Waals surface area contributed by atoms with Gasteiger partial charge in [-0.15, -0.1) is 0 Å². The zero-order valence-electron chi connectivity index (χ0n) is 10.2. The predicted octanol–water partition coefficient (Wildman–Crippen LogP) is 1.14. The van der Waals surface area contributed by atoms with E-state index in [0.29, 0.717) is 13.1 Å². The summed E-state index contributed by atoms with van der Waals surface area (Å²) in [4.78, 5) is 19.8. The van der Waals surface area contributed by atoms with Gasteiger partial charge in [0, 0.05) is 38.4 Å². The van der Waals surface area contributed by atoms with Gasteiger partial charge in [0.15, 0.2) is 0 Å². The molecule has 0 spiro atoms. The largest absolute Gasteiger partial charge is 0.336 e. The molecule has 1 saturated heterocycles. The number of piperazine rings is 1. The number of rotatable bonds is 2. The van der Waals surface area contributed by atoms with Gasteiger partial charge < -0.3 is 4.90 Å². The smallest absolute Gasteiger partial charge is 0.258 e. The summed E-state index contributed by atoms with van der Waals surface area (Å²) in [7, 11) is 0. The molecule has 96 valence electrons. The van der Waals surface area contributed by atoms with Gasteiger partial charge in [-0.25, -0.2) is 4.98 Å². The van der Waals surface area contributed by atoms with Crippen molar-refractivity contribution in [3.8, 4) is 0 Å². The molecule has 0 aromatic carbocycles. The maximum absolute atomic E-state index is 13.4. The highest BCUT2D eigenvalue weighted by Crippen LogP contribution is 2.27. The van der Waals surface area contributed by atoms with E-state index < -0.39 is 5.95 Å². The monoisotopic (exact) mass is 249 g/mol. The molecule has 0 atom stereocenters. The Labute approximate surface area is 105 Å². The molecule has 5 heteroatoms. The number of carbonyl (C=O) groups excluding carboxylic acids is 1. The SMILES string of the molecule is O=C(c1cccnc1F)N1CCN(C2CC2)CC1. The Morgan fingerprint density at radius 3 is 2.61 bits per heavy atom. The Hall–Kier alpha value is -1.49. The van der Waals surface area contributed by atoms with Crippen molar-refractivity contribution in [3.05, 3.63) is 29.8 Å². The molecule has 1 aromatic rings. The number of aromatic nitrogens is 1.